The van der Waals surface area contributed by atoms with Crippen LogP contribution in [-0.2, 0) is 14.4 Å². The van der Waals surface area contributed by atoms with Crippen LogP contribution in [0.5, 0.6) is 5.75 Å². The first kappa shape index (κ1) is 34.5. The van der Waals surface area contributed by atoms with Gasteiger partial charge in [-0.05, 0) is 69.7 Å². The van der Waals surface area contributed by atoms with Crippen molar-refractivity contribution >= 4 is 29.0 Å². The van der Waals surface area contributed by atoms with Crippen LogP contribution in [0.2, 0.25) is 0 Å². The van der Waals surface area contributed by atoms with Crippen LogP contribution in [-0.4, -0.2) is 59.2 Å². The van der Waals surface area contributed by atoms with E-state index in [1.54, 1.807) is 43.3 Å². The Balaban J connectivity index is 0.000000211. The number of aromatic nitrogens is 2. The second-order valence-electron chi connectivity index (χ2n) is 12.3. The number of nitrogens with zero attached hydrogens (tertiary/aromatic N) is 2. The molecule has 2 fully saturated rings. The molecule has 2 aromatic carbocycles. The highest BCUT2D eigenvalue weighted by Crippen LogP contribution is 2.46. The van der Waals surface area contributed by atoms with E-state index in [2.05, 4.69) is 27.4 Å². The highest BCUT2D eigenvalue weighted by Gasteiger charge is 2.58. The van der Waals surface area contributed by atoms with Crippen molar-refractivity contribution in [1.29, 1.82) is 0 Å². The highest BCUT2D eigenvalue weighted by molar-refractivity contribution is 5.97. The van der Waals surface area contributed by atoms with Gasteiger partial charge in [-0.1, -0.05) is 44.1 Å². The second kappa shape index (κ2) is 15.8. The third-order valence-corrected chi connectivity index (χ3v) is 8.99. The molecule has 2 aliphatic carbocycles. The van der Waals surface area contributed by atoms with E-state index in [1.807, 2.05) is 13.8 Å². The summed E-state index contributed by atoms with van der Waals surface area (Å²) in [4.78, 5) is 56.3. The number of ketones is 1. The summed E-state index contributed by atoms with van der Waals surface area (Å²) in [6.07, 6.45) is 13.4. The van der Waals surface area contributed by atoms with Crippen LogP contribution in [0, 0.1) is 24.6 Å². The Bertz CT molecular complexity index is 1630. The Morgan fingerprint density at radius 2 is 1.96 bits per heavy atom. The van der Waals surface area contributed by atoms with Crippen molar-refractivity contribution in [3.63, 3.8) is 0 Å². The van der Waals surface area contributed by atoms with Crippen molar-refractivity contribution in [2.75, 3.05) is 20.7 Å². The summed E-state index contributed by atoms with van der Waals surface area (Å²) in [5, 5.41) is 3.58. The molecule has 0 bridgehead atoms. The van der Waals surface area contributed by atoms with Crippen LogP contribution in [0.3, 0.4) is 0 Å². The number of Topliss-reactive ketones (excluding diaryl/α,β-unsaturated/α-hetero) is 1. The molecule has 0 radical (unpaired) electrons. The number of fused-ring (bicyclic) bond motifs is 1. The average molecular weight is 633 g/mol. The molecule has 0 aliphatic heterocycles. The summed E-state index contributed by atoms with van der Waals surface area (Å²) < 4.78 is 18.6. The first-order valence-corrected chi connectivity index (χ1v) is 16.1. The van der Waals surface area contributed by atoms with E-state index in [1.165, 1.54) is 12.1 Å². The van der Waals surface area contributed by atoms with Gasteiger partial charge >= 0.3 is 0 Å². The Labute approximate surface area is 269 Å². The molecule has 0 unspecified atom stereocenters. The first-order valence-electron chi connectivity index (χ1n) is 16.1. The summed E-state index contributed by atoms with van der Waals surface area (Å²) in [6, 6.07) is 9.35. The number of ether oxygens (including phenoxy) is 1. The maximum absolute atomic E-state index is 13.3. The number of allylic oxidation sites excluding steroid dienone is 1. The third kappa shape index (κ3) is 8.27. The Kier molecular flexibility index (Phi) is 11.8. The summed E-state index contributed by atoms with van der Waals surface area (Å²) in [5.41, 5.74) is 0.959. The van der Waals surface area contributed by atoms with E-state index >= 15 is 0 Å². The normalized spacial score (nSPS) is 19.0. The number of nitrogens with one attached hydrogen (secondary N) is 2. The highest BCUT2D eigenvalue weighted by atomic mass is 19.1. The van der Waals surface area contributed by atoms with Gasteiger partial charge in [0.15, 0.2) is 5.78 Å². The quantitative estimate of drug-likeness (QED) is 0.138. The van der Waals surface area contributed by atoms with Gasteiger partial charge in [0.25, 0.3) is 5.56 Å². The predicted octanol–water partition coefficient (Wildman–Crippen LogP) is 5.89. The minimum absolute atomic E-state index is 0.0760. The van der Waals surface area contributed by atoms with Crippen LogP contribution < -0.4 is 15.6 Å². The molecule has 246 valence electrons. The zero-order valence-electron chi connectivity index (χ0n) is 27.2. The van der Waals surface area contributed by atoms with Gasteiger partial charge < -0.3 is 19.9 Å². The minimum atomic E-state index is -0.636. The SMILES string of the molecule is CCC(=O)[C@@]1(NC(=O)C2CCCC2)C[C@H]1/C=C\CCCCN(C)C=O.COc1ccc2c(=O)[nH]c(-c3cccc(F)c3)nc2c1C. The maximum Gasteiger partial charge on any atom is 0.259 e. The van der Waals surface area contributed by atoms with Gasteiger partial charge in [-0.2, -0.15) is 0 Å². The van der Waals surface area contributed by atoms with Crippen molar-refractivity contribution in [2.45, 2.75) is 77.2 Å². The van der Waals surface area contributed by atoms with Gasteiger partial charge in [0.1, 0.15) is 22.9 Å². The largest absolute Gasteiger partial charge is 0.496 e. The molecule has 2 amide bonds. The lowest BCUT2D eigenvalue weighted by Crippen LogP contribution is -2.46. The fraction of sp³-hybridized carbons (Fsp3) is 0.472. The number of benzene rings is 2. The van der Waals surface area contributed by atoms with E-state index < -0.39 is 5.54 Å². The molecule has 9 nitrogen and oxygen atoms in total. The summed E-state index contributed by atoms with van der Waals surface area (Å²) in [6.45, 7) is 4.48. The molecule has 46 heavy (non-hydrogen) atoms. The fourth-order valence-corrected chi connectivity index (χ4v) is 6.13. The van der Waals surface area contributed by atoms with Gasteiger partial charge in [0, 0.05) is 43.0 Å². The smallest absolute Gasteiger partial charge is 0.259 e. The number of aromatic amines is 1. The van der Waals surface area contributed by atoms with E-state index in [9.17, 15) is 23.6 Å². The third-order valence-electron chi connectivity index (χ3n) is 8.99. The van der Waals surface area contributed by atoms with Crippen LogP contribution in [0.15, 0.2) is 53.3 Å². The number of rotatable bonds is 13. The number of hydrogen-bond acceptors (Lipinski definition) is 6. The van der Waals surface area contributed by atoms with Crippen LogP contribution in [0.4, 0.5) is 4.39 Å². The lowest BCUT2D eigenvalue weighted by Gasteiger charge is -2.19. The number of hydrogen-bond donors (Lipinski definition) is 2. The number of aryl methyl sites for hydroxylation is 1. The van der Waals surface area contributed by atoms with E-state index in [0.717, 1.165) is 69.9 Å². The van der Waals surface area contributed by atoms with Crippen molar-refractivity contribution in [2.24, 2.45) is 11.8 Å². The van der Waals surface area contributed by atoms with Crippen LogP contribution in [0.1, 0.15) is 70.3 Å². The van der Waals surface area contributed by atoms with E-state index in [4.69, 9.17) is 4.74 Å². The number of carbonyl (C=O) groups is 3. The van der Waals surface area contributed by atoms with Gasteiger partial charge in [-0.25, -0.2) is 9.37 Å². The Morgan fingerprint density at radius 3 is 2.63 bits per heavy atom. The van der Waals surface area contributed by atoms with E-state index in [-0.39, 0.29) is 34.9 Å². The number of H-pyrrole nitrogens is 1. The zero-order valence-corrected chi connectivity index (χ0v) is 27.2. The maximum atomic E-state index is 13.3. The number of halogens is 1. The van der Waals surface area contributed by atoms with Crippen molar-refractivity contribution in [1.82, 2.24) is 20.2 Å². The van der Waals surface area contributed by atoms with Crippen molar-refractivity contribution < 1.29 is 23.5 Å². The molecule has 1 heterocycles. The number of methoxy groups -OCH3 is 1. The molecule has 2 N–H and O–H groups in total. The lowest BCUT2D eigenvalue weighted by atomic mass is 10.0. The minimum Gasteiger partial charge on any atom is -0.496 e. The van der Waals surface area contributed by atoms with Crippen molar-refractivity contribution in [3.05, 3.63) is 70.3 Å². The van der Waals surface area contributed by atoms with E-state index in [0.29, 0.717) is 34.5 Å². The Hall–Kier alpha value is -4.34. The van der Waals surface area contributed by atoms with Gasteiger partial charge in [-0.15, -0.1) is 0 Å². The average Bonchev–Trinajstić information content (AvgIpc) is 3.46. The standard InChI is InChI=1S/C20H32N2O3.C16H13FN2O2/c1-3-18(24)20(21-19(25)16-10-7-8-11-16)14-17(20)12-6-4-5-9-13-22(2)15-23;1-9-13(21-2)7-6-12-14(9)18-15(19-16(12)20)10-4-3-5-11(17)8-10/h6,12,15-17H,3-5,7-11,13-14H2,1-2H3,(H,21,25);3-8H,1-2H3,(H,18,19,20)/b12-6-;/t17-,20-;/m1./s1. The second-order valence-corrected chi connectivity index (χ2v) is 12.3. The molecule has 0 spiro atoms. The van der Waals surface area contributed by atoms with Gasteiger partial charge in [0.2, 0.25) is 12.3 Å². The lowest BCUT2D eigenvalue weighted by molar-refractivity contribution is -0.131. The molecule has 1 aromatic heterocycles. The molecule has 2 aliphatic rings. The molecule has 2 atom stereocenters. The van der Waals surface area contributed by atoms with Crippen LogP contribution >= 0.6 is 0 Å². The van der Waals surface area contributed by atoms with Crippen LogP contribution in [0.25, 0.3) is 22.3 Å². The molecule has 3 aromatic rings. The topological polar surface area (TPSA) is 121 Å². The predicted molar refractivity (Wildman–Crippen MR) is 177 cm³/mol. The summed E-state index contributed by atoms with van der Waals surface area (Å²) >= 11 is 0. The number of amides is 2. The summed E-state index contributed by atoms with van der Waals surface area (Å²) in [5.74, 6) is 1.09. The molecular weight excluding hydrogens is 587 g/mol. The Morgan fingerprint density at radius 1 is 1.20 bits per heavy atom. The van der Waals surface area contributed by atoms with Crippen molar-refractivity contribution in [3.8, 4) is 17.1 Å². The monoisotopic (exact) mass is 632 g/mol. The molecule has 10 heteroatoms. The molecule has 0 saturated heterocycles. The summed E-state index contributed by atoms with van der Waals surface area (Å²) in [7, 11) is 3.35. The fourth-order valence-electron chi connectivity index (χ4n) is 6.13. The molecular formula is C36H45FN4O5. The number of carbonyl (C=O) groups excluding carboxylic acids is 3. The number of unbranched alkanes of at least 4 members (excludes halogenated alkanes) is 2. The first-order chi connectivity index (χ1) is 22.1. The molecule has 5 rings (SSSR count). The molecule has 2 saturated carbocycles. The zero-order chi connectivity index (χ0) is 33.3. The van der Waals surface area contributed by atoms with Gasteiger partial charge in [-0.3, -0.25) is 19.2 Å². The van der Waals surface area contributed by atoms with Gasteiger partial charge in [0.05, 0.1) is 18.0 Å².